The van der Waals surface area contributed by atoms with Gasteiger partial charge in [-0.2, -0.15) is 0 Å². The van der Waals surface area contributed by atoms with Crippen LogP contribution in [0, 0.1) is 3.57 Å². The molecule has 2 aromatic carbocycles. The van der Waals surface area contributed by atoms with Gasteiger partial charge >= 0.3 is 0 Å². The second kappa shape index (κ2) is 7.61. The number of carbonyl (C=O) groups is 1. The van der Waals surface area contributed by atoms with Crippen molar-refractivity contribution in [2.24, 2.45) is 0 Å². The first kappa shape index (κ1) is 16.8. The molecule has 1 unspecified atom stereocenters. The average molecular weight is 479 g/mol. The standard InChI is InChI=1S/C16H14BrClINO/c1-2-15(10-3-6-12(17)7-4-10)20-16(21)11-5-8-14(19)13(18)9-11/h3-9,15H,2H2,1H3,(H,20,21). The fraction of sp³-hybridized carbons (Fsp3) is 0.188. The smallest absolute Gasteiger partial charge is 0.251 e. The van der Waals surface area contributed by atoms with Crippen molar-refractivity contribution < 1.29 is 4.79 Å². The third-order valence-corrected chi connectivity index (χ3v) is 5.27. The van der Waals surface area contributed by atoms with E-state index in [1.54, 1.807) is 12.1 Å². The van der Waals surface area contributed by atoms with Crippen LogP contribution in [0.15, 0.2) is 46.9 Å². The largest absolute Gasteiger partial charge is 0.345 e. The van der Waals surface area contributed by atoms with Gasteiger partial charge in [-0.05, 0) is 64.9 Å². The minimum atomic E-state index is -0.108. The molecular formula is C16H14BrClINO. The molecule has 0 saturated carbocycles. The lowest BCUT2D eigenvalue weighted by atomic mass is 10.0. The van der Waals surface area contributed by atoms with Gasteiger partial charge in [0.15, 0.2) is 0 Å². The number of halogens is 3. The van der Waals surface area contributed by atoms with Crippen molar-refractivity contribution >= 4 is 56.0 Å². The second-order valence-corrected chi connectivity index (χ2v) is 7.10. The quantitative estimate of drug-likeness (QED) is 0.571. The van der Waals surface area contributed by atoms with Crippen LogP contribution in [0.2, 0.25) is 5.02 Å². The molecule has 21 heavy (non-hydrogen) atoms. The Kier molecular flexibility index (Phi) is 6.08. The van der Waals surface area contributed by atoms with E-state index in [-0.39, 0.29) is 11.9 Å². The molecule has 0 bridgehead atoms. The van der Waals surface area contributed by atoms with E-state index in [1.807, 2.05) is 37.3 Å². The Morgan fingerprint density at radius 1 is 1.29 bits per heavy atom. The van der Waals surface area contributed by atoms with Crippen LogP contribution in [0.3, 0.4) is 0 Å². The molecule has 0 radical (unpaired) electrons. The first-order valence-electron chi connectivity index (χ1n) is 6.52. The van der Waals surface area contributed by atoms with E-state index in [1.165, 1.54) is 0 Å². The van der Waals surface area contributed by atoms with Crippen molar-refractivity contribution in [3.05, 3.63) is 66.7 Å². The summed E-state index contributed by atoms with van der Waals surface area (Å²) in [6.07, 6.45) is 0.825. The van der Waals surface area contributed by atoms with E-state index >= 15 is 0 Å². The zero-order valence-corrected chi connectivity index (χ0v) is 15.9. The van der Waals surface area contributed by atoms with Crippen LogP contribution in [0.5, 0.6) is 0 Å². The molecule has 110 valence electrons. The molecule has 0 aliphatic carbocycles. The van der Waals surface area contributed by atoms with Gasteiger partial charge in [0.05, 0.1) is 11.1 Å². The van der Waals surface area contributed by atoms with Crippen molar-refractivity contribution in [3.63, 3.8) is 0 Å². The summed E-state index contributed by atoms with van der Waals surface area (Å²) in [5.74, 6) is -0.108. The Labute approximate surface area is 151 Å². The molecule has 0 heterocycles. The Morgan fingerprint density at radius 2 is 1.95 bits per heavy atom. The highest BCUT2D eigenvalue weighted by molar-refractivity contribution is 14.1. The molecule has 1 N–H and O–H groups in total. The Bertz CT molecular complexity index is 645. The number of amides is 1. The highest BCUT2D eigenvalue weighted by atomic mass is 127. The van der Waals surface area contributed by atoms with Gasteiger partial charge in [-0.15, -0.1) is 0 Å². The lowest BCUT2D eigenvalue weighted by molar-refractivity contribution is 0.0935. The van der Waals surface area contributed by atoms with Gasteiger partial charge in [-0.1, -0.05) is 46.6 Å². The Hall–Kier alpha value is -0.590. The summed E-state index contributed by atoms with van der Waals surface area (Å²) >= 11 is 11.6. The zero-order chi connectivity index (χ0) is 15.4. The molecule has 0 aliphatic rings. The fourth-order valence-electron chi connectivity index (χ4n) is 2.00. The van der Waals surface area contributed by atoms with Crippen LogP contribution < -0.4 is 5.32 Å². The lowest BCUT2D eigenvalue weighted by Crippen LogP contribution is -2.28. The molecular weight excluding hydrogens is 464 g/mol. The first-order chi connectivity index (χ1) is 10.0. The topological polar surface area (TPSA) is 29.1 Å². The third kappa shape index (κ3) is 4.44. The van der Waals surface area contributed by atoms with Gasteiger partial charge in [-0.3, -0.25) is 4.79 Å². The van der Waals surface area contributed by atoms with Crippen LogP contribution in [-0.2, 0) is 0 Å². The van der Waals surface area contributed by atoms with Gasteiger partial charge in [0, 0.05) is 13.6 Å². The number of hydrogen-bond acceptors (Lipinski definition) is 1. The maximum atomic E-state index is 12.3. The molecule has 2 aromatic rings. The predicted molar refractivity (Wildman–Crippen MR) is 98.8 cm³/mol. The molecule has 5 heteroatoms. The molecule has 0 spiro atoms. The molecule has 0 aromatic heterocycles. The van der Waals surface area contributed by atoms with Gasteiger partial charge in [0.25, 0.3) is 5.91 Å². The molecule has 0 aliphatic heterocycles. The number of carbonyl (C=O) groups excluding carboxylic acids is 1. The average Bonchev–Trinajstić information content (AvgIpc) is 2.48. The van der Waals surface area contributed by atoms with Crippen LogP contribution >= 0.6 is 50.1 Å². The second-order valence-electron chi connectivity index (χ2n) is 4.61. The van der Waals surface area contributed by atoms with Crippen molar-refractivity contribution in [2.45, 2.75) is 19.4 Å². The maximum absolute atomic E-state index is 12.3. The van der Waals surface area contributed by atoms with Crippen LogP contribution in [-0.4, -0.2) is 5.91 Å². The summed E-state index contributed by atoms with van der Waals surface area (Å²) in [4.78, 5) is 12.3. The first-order valence-corrected chi connectivity index (χ1v) is 8.77. The normalized spacial score (nSPS) is 12.0. The van der Waals surface area contributed by atoms with Crippen LogP contribution in [0.4, 0.5) is 0 Å². The number of nitrogens with one attached hydrogen (secondary N) is 1. The summed E-state index contributed by atoms with van der Waals surface area (Å²) in [6.45, 7) is 2.05. The van der Waals surface area contributed by atoms with E-state index < -0.39 is 0 Å². The maximum Gasteiger partial charge on any atom is 0.251 e. The summed E-state index contributed by atoms with van der Waals surface area (Å²) in [5, 5.41) is 3.65. The number of benzene rings is 2. The van der Waals surface area contributed by atoms with Crippen molar-refractivity contribution in [2.75, 3.05) is 0 Å². The van der Waals surface area contributed by atoms with Crippen LogP contribution in [0.25, 0.3) is 0 Å². The van der Waals surface area contributed by atoms with Gasteiger partial charge in [0.1, 0.15) is 0 Å². The van der Waals surface area contributed by atoms with E-state index in [2.05, 4.69) is 43.8 Å². The summed E-state index contributed by atoms with van der Waals surface area (Å²) in [5.41, 5.74) is 1.67. The van der Waals surface area contributed by atoms with E-state index in [0.29, 0.717) is 10.6 Å². The zero-order valence-electron chi connectivity index (χ0n) is 11.4. The predicted octanol–water partition coefficient (Wildman–Crippen LogP) is 5.59. The Morgan fingerprint density at radius 3 is 2.52 bits per heavy atom. The third-order valence-electron chi connectivity index (χ3n) is 3.17. The number of hydrogen-bond donors (Lipinski definition) is 1. The van der Waals surface area contributed by atoms with Gasteiger partial charge in [-0.25, -0.2) is 0 Å². The number of rotatable bonds is 4. The molecule has 1 amide bonds. The monoisotopic (exact) mass is 477 g/mol. The van der Waals surface area contributed by atoms with E-state index in [9.17, 15) is 4.79 Å². The fourth-order valence-corrected chi connectivity index (χ4v) is 2.78. The van der Waals surface area contributed by atoms with Gasteiger partial charge in [0.2, 0.25) is 0 Å². The molecule has 2 nitrogen and oxygen atoms in total. The highest BCUT2D eigenvalue weighted by Crippen LogP contribution is 2.22. The lowest BCUT2D eigenvalue weighted by Gasteiger charge is -2.18. The van der Waals surface area contributed by atoms with Crippen molar-refractivity contribution in [1.82, 2.24) is 5.32 Å². The molecule has 1 atom stereocenters. The minimum absolute atomic E-state index is 0.0105. The van der Waals surface area contributed by atoms with E-state index in [0.717, 1.165) is 20.0 Å². The molecule has 0 saturated heterocycles. The molecule has 2 rings (SSSR count). The van der Waals surface area contributed by atoms with E-state index in [4.69, 9.17) is 11.6 Å². The minimum Gasteiger partial charge on any atom is -0.345 e. The van der Waals surface area contributed by atoms with Crippen molar-refractivity contribution in [1.29, 1.82) is 0 Å². The molecule has 0 fully saturated rings. The van der Waals surface area contributed by atoms with Crippen molar-refractivity contribution in [3.8, 4) is 0 Å². The summed E-state index contributed by atoms with van der Waals surface area (Å²) < 4.78 is 1.96. The highest BCUT2D eigenvalue weighted by Gasteiger charge is 2.14. The Balaban J connectivity index is 2.15. The van der Waals surface area contributed by atoms with Gasteiger partial charge < -0.3 is 5.32 Å². The SMILES string of the molecule is CCC(NC(=O)c1ccc(I)c(Cl)c1)c1ccc(Br)cc1. The summed E-state index contributed by atoms with van der Waals surface area (Å²) in [7, 11) is 0. The summed E-state index contributed by atoms with van der Waals surface area (Å²) in [6, 6.07) is 13.3. The van der Waals surface area contributed by atoms with Crippen LogP contribution in [0.1, 0.15) is 35.3 Å².